The molecule has 5 nitrogen and oxygen atoms in total. The Labute approximate surface area is 112 Å². The minimum Gasteiger partial charge on any atom is -0.455 e. The maximum atomic E-state index is 11.1. The van der Waals surface area contributed by atoms with Crippen LogP contribution >= 0.6 is 11.8 Å². The van der Waals surface area contributed by atoms with E-state index in [0.717, 1.165) is 17.9 Å². The largest absolute Gasteiger partial charge is 0.455 e. The van der Waals surface area contributed by atoms with E-state index in [-0.39, 0.29) is 12.1 Å². The molecule has 0 saturated heterocycles. The van der Waals surface area contributed by atoms with Crippen molar-refractivity contribution < 1.29 is 14.3 Å². The second-order valence-electron chi connectivity index (χ2n) is 4.77. The molecule has 18 heavy (non-hydrogen) atoms. The summed E-state index contributed by atoms with van der Waals surface area (Å²) in [6, 6.07) is -0.484. The Kier molecular flexibility index (Phi) is 5.65. The molecule has 0 aromatic rings. The maximum absolute atomic E-state index is 11.1. The number of nitrogens with two attached hydrogens (primary N) is 1. The summed E-state index contributed by atoms with van der Waals surface area (Å²) in [7, 11) is 0. The van der Waals surface area contributed by atoms with Crippen LogP contribution in [-0.2, 0) is 14.3 Å². The number of esters is 1. The first-order valence-electron chi connectivity index (χ1n) is 6.07. The number of aliphatic imine (C=N–C) groups is 1. The first-order chi connectivity index (χ1) is 8.40. The lowest BCUT2D eigenvalue weighted by Crippen LogP contribution is -2.27. The topological polar surface area (TPSA) is 81.8 Å². The van der Waals surface area contributed by atoms with Gasteiger partial charge in [-0.2, -0.15) is 0 Å². The summed E-state index contributed by atoms with van der Waals surface area (Å²) in [6.07, 6.45) is 1.34. The molecule has 2 atom stereocenters. The molecule has 0 aromatic carbocycles. The van der Waals surface area contributed by atoms with Gasteiger partial charge in [-0.15, -0.1) is 11.8 Å². The lowest BCUT2D eigenvalue weighted by Gasteiger charge is -2.17. The van der Waals surface area contributed by atoms with Gasteiger partial charge in [-0.3, -0.25) is 14.6 Å². The third kappa shape index (κ3) is 4.68. The molecule has 0 aromatic heterocycles. The molecule has 0 aliphatic carbocycles. The standard InChI is InChI=1S/C12H20N2O3S/c1-7(2)4-5-10(17-8(3)15)12-14-9(6-18-12)11(13)16/h7,9-10H,4-6H2,1-3H3,(H2,13,16)/t9?,10-/m1/s1. The van der Waals surface area contributed by atoms with Gasteiger partial charge < -0.3 is 10.5 Å². The molecule has 0 radical (unpaired) electrons. The van der Waals surface area contributed by atoms with Crippen LogP contribution in [0.2, 0.25) is 0 Å². The van der Waals surface area contributed by atoms with Crippen LogP contribution in [0.4, 0.5) is 0 Å². The second-order valence-corrected chi connectivity index (χ2v) is 5.81. The summed E-state index contributed by atoms with van der Waals surface area (Å²) in [5.74, 6) is 0.323. The molecule has 0 spiro atoms. The van der Waals surface area contributed by atoms with Crippen molar-refractivity contribution >= 4 is 28.7 Å². The number of carbonyl (C=O) groups excluding carboxylic acids is 2. The molecular formula is C12H20N2O3S. The molecule has 0 bridgehead atoms. The summed E-state index contributed by atoms with van der Waals surface area (Å²) < 4.78 is 5.27. The van der Waals surface area contributed by atoms with Crippen molar-refractivity contribution in [2.75, 3.05) is 5.75 Å². The Hall–Kier alpha value is -1.04. The number of rotatable bonds is 6. The predicted molar refractivity (Wildman–Crippen MR) is 72.5 cm³/mol. The van der Waals surface area contributed by atoms with Crippen molar-refractivity contribution in [3.63, 3.8) is 0 Å². The summed E-state index contributed by atoms with van der Waals surface area (Å²) in [5.41, 5.74) is 5.22. The van der Waals surface area contributed by atoms with Crippen molar-refractivity contribution in [2.45, 2.75) is 45.8 Å². The molecule has 1 unspecified atom stereocenters. The normalized spacial score (nSPS) is 20.7. The van der Waals surface area contributed by atoms with Gasteiger partial charge in [0, 0.05) is 12.7 Å². The van der Waals surface area contributed by atoms with Crippen LogP contribution in [0, 0.1) is 5.92 Å². The van der Waals surface area contributed by atoms with Gasteiger partial charge in [-0.1, -0.05) is 13.8 Å². The molecule has 0 fully saturated rings. The first-order valence-corrected chi connectivity index (χ1v) is 7.05. The van der Waals surface area contributed by atoms with E-state index in [4.69, 9.17) is 10.5 Å². The van der Waals surface area contributed by atoms with Gasteiger partial charge in [0.05, 0.1) is 0 Å². The minimum absolute atomic E-state index is 0.324. The van der Waals surface area contributed by atoms with Gasteiger partial charge in [0.15, 0.2) is 0 Å². The highest BCUT2D eigenvalue weighted by Gasteiger charge is 2.29. The van der Waals surface area contributed by atoms with E-state index in [1.165, 1.54) is 18.7 Å². The van der Waals surface area contributed by atoms with Gasteiger partial charge in [-0.05, 0) is 18.8 Å². The van der Waals surface area contributed by atoms with Crippen molar-refractivity contribution in [3.05, 3.63) is 0 Å². The molecular weight excluding hydrogens is 252 g/mol. The second kappa shape index (κ2) is 6.78. The number of primary amides is 1. The fourth-order valence-electron chi connectivity index (χ4n) is 1.63. The summed E-state index contributed by atoms with van der Waals surface area (Å²) in [5, 5.41) is 0.717. The fraction of sp³-hybridized carbons (Fsp3) is 0.750. The minimum atomic E-state index is -0.484. The van der Waals surface area contributed by atoms with Crippen LogP contribution in [0.3, 0.4) is 0 Å². The molecule has 102 valence electrons. The van der Waals surface area contributed by atoms with Crippen molar-refractivity contribution in [1.82, 2.24) is 0 Å². The Morgan fingerprint density at radius 1 is 1.50 bits per heavy atom. The highest BCUT2D eigenvalue weighted by molar-refractivity contribution is 8.14. The third-order valence-electron chi connectivity index (χ3n) is 2.59. The summed E-state index contributed by atoms with van der Waals surface area (Å²) >= 11 is 1.45. The van der Waals surface area contributed by atoms with Crippen LogP contribution in [0.1, 0.15) is 33.6 Å². The van der Waals surface area contributed by atoms with Gasteiger partial charge in [-0.25, -0.2) is 0 Å². The lowest BCUT2D eigenvalue weighted by molar-refractivity contribution is -0.143. The van der Waals surface area contributed by atoms with E-state index in [1.54, 1.807) is 0 Å². The number of carbonyl (C=O) groups is 2. The monoisotopic (exact) mass is 272 g/mol. The van der Waals surface area contributed by atoms with E-state index in [9.17, 15) is 9.59 Å². The Morgan fingerprint density at radius 3 is 2.61 bits per heavy atom. The summed E-state index contributed by atoms with van der Waals surface area (Å²) in [6.45, 7) is 5.61. The van der Waals surface area contributed by atoms with E-state index in [2.05, 4.69) is 18.8 Å². The number of nitrogens with zero attached hydrogens (tertiary/aromatic N) is 1. The number of hydrogen-bond acceptors (Lipinski definition) is 5. The van der Waals surface area contributed by atoms with Crippen LogP contribution in [0.5, 0.6) is 0 Å². The van der Waals surface area contributed by atoms with E-state index >= 15 is 0 Å². The predicted octanol–water partition coefficient (Wildman–Crippen LogP) is 1.35. The van der Waals surface area contributed by atoms with Crippen LogP contribution in [0.15, 0.2) is 4.99 Å². The molecule has 1 amide bonds. The van der Waals surface area contributed by atoms with Gasteiger partial charge >= 0.3 is 5.97 Å². The van der Waals surface area contributed by atoms with E-state index in [0.29, 0.717) is 11.7 Å². The Morgan fingerprint density at radius 2 is 2.17 bits per heavy atom. The molecule has 1 aliphatic heterocycles. The molecule has 6 heteroatoms. The third-order valence-corrected chi connectivity index (χ3v) is 3.74. The number of thioether (sulfide) groups is 1. The average molecular weight is 272 g/mol. The van der Waals surface area contributed by atoms with Gasteiger partial charge in [0.1, 0.15) is 17.2 Å². The maximum Gasteiger partial charge on any atom is 0.303 e. The van der Waals surface area contributed by atoms with Gasteiger partial charge in [0.25, 0.3) is 0 Å². The number of amides is 1. The zero-order valence-corrected chi connectivity index (χ0v) is 11.8. The highest BCUT2D eigenvalue weighted by Crippen LogP contribution is 2.25. The van der Waals surface area contributed by atoms with E-state index < -0.39 is 11.9 Å². The lowest BCUT2D eigenvalue weighted by atomic mass is 10.1. The molecule has 1 rings (SSSR count). The number of ether oxygens (including phenoxy) is 1. The zero-order valence-electron chi connectivity index (χ0n) is 11.0. The Bertz CT molecular complexity index is 355. The van der Waals surface area contributed by atoms with Crippen LogP contribution in [0.25, 0.3) is 0 Å². The molecule has 1 heterocycles. The molecule has 0 saturated carbocycles. The SMILES string of the molecule is CC(=O)O[C@H](CCC(C)C)C1=NC(C(N)=O)CS1. The molecule has 2 N–H and O–H groups in total. The van der Waals surface area contributed by atoms with Crippen LogP contribution in [-0.4, -0.2) is 34.8 Å². The van der Waals surface area contributed by atoms with Crippen LogP contribution < -0.4 is 5.73 Å². The van der Waals surface area contributed by atoms with Gasteiger partial charge in [0.2, 0.25) is 5.91 Å². The number of hydrogen-bond donors (Lipinski definition) is 1. The molecule has 1 aliphatic rings. The summed E-state index contributed by atoms with van der Waals surface area (Å²) in [4.78, 5) is 26.4. The van der Waals surface area contributed by atoms with E-state index in [1.807, 2.05) is 0 Å². The van der Waals surface area contributed by atoms with Crippen molar-refractivity contribution in [1.29, 1.82) is 0 Å². The quantitative estimate of drug-likeness (QED) is 0.740. The Balaban J connectivity index is 2.67. The smallest absolute Gasteiger partial charge is 0.303 e. The van der Waals surface area contributed by atoms with Crippen molar-refractivity contribution in [3.8, 4) is 0 Å². The highest BCUT2D eigenvalue weighted by atomic mass is 32.2. The average Bonchev–Trinajstić information content (AvgIpc) is 2.72. The zero-order chi connectivity index (χ0) is 13.7. The first kappa shape index (κ1) is 15.0. The van der Waals surface area contributed by atoms with Crippen molar-refractivity contribution in [2.24, 2.45) is 16.6 Å². The fourth-order valence-corrected chi connectivity index (χ4v) is 2.75.